The van der Waals surface area contributed by atoms with Crippen molar-refractivity contribution in [1.82, 2.24) is 5.32 Å². The summed E-state index contributed by atoms with van der Waals surface area (Å²) in [5, 5.41) is 13.8. The molecule has 2 aromatic carbocycles. The second kappa shape index (κ2) is 10.7. The average Bonchev–Trinajstić information content (AvgIpc) is 2.82. The molecule has 0 unspecified atom stereocenters. The summed E-state index contributed by atoms with van der Waals surface area (Å²) in [6.45, 7) is 4.02. The third kappa shape index (κ3) is 5.04. The lowest BCUT2D eigenvalue weighted by Gasteiger charge is -2.30. The monoisotopic (exact) mass is 447 g/mol. The van der Waals surface area contributed by atoms with Gasteiger partial charge in [0.05, 0.1) is 46.2 Å². The first-order valence-electron chi connectivity index (χ1n) is 10.4. The molecule has 7 heteroatoms. The number of nitrogens with two attached hydrogens (primary N) is 1. The third-order valence-electron chi connectivity index (χ3n) is 5.09. The molecule has 2 aromatic rings. The summed E-state index contributed by atoms with van der Waals surface area (Å²) in [7, 11) is 0. The van der Waals surface area contributed by atoms with Gasteiger partial charge < -0.3 is 15.8 Å². The number of thioether (sulfide) groups is 1. The number of rotatable bonds is 8. The van der Waals surface area contributed by atoms with E-state index in [-0.39, 0.29) is 12.4 Å². The molecule has 0 saturated heterocycles. The molecule has 0 aromatic heterocycles. The molecular formula is C25H25N3O3S. The number of carbonyl (C=O) groups is 2. The minimum absolute atomic E-state index is 0.00577. The molecule has 1 aliphatic heterocycles. The van der Waals surface area contributed by atoms with Gasteiger partial charge >= 0.3 is 5.97 Å². The lowest BCUT2D eigenvalue weighted by Crippen LogP contribution is -2.29. The highest BCUT2D eigenvalue weighted by atomic mass is 32.2. The fourth-order valence-corrected chi connectivity index (χ4v) is 4.36. The maximum atomic E-state index is 13.2. The highest BCUT2D eigenvalue weighted by Gasteiger charge is 2.37. The smallest absolute Gasteiger partial charge is 0.337 e. The number of ether oxygens (including phenoxy) is 1. The summed E-state index contributed by atoms with van der Waals surface area (Å²) in [5.74, 6) is -1.62. The highest BCUT2D eigenvalue weighted by Crippen LogP contribution is 2.43. The molecular weight excluding hydrogens is 422 g/mol. The molecule has 1 aliphatic rings. The van der Waals surface area contributed by atoms with E-state index in [1.54, 1.807) is 6.92 Å². The number of hydrogen-bond donors (Lipinski definition) is 2. The van der Waals surface area contributed by atoms with Gasteiger partial charge in [-0.05, 0) is 30.0 Å². The van der Waals surface area contributed by atoms with Crippen molar-refractivity contribution in [3.63, 3.8) is 0 Å². The number of allylic oxidation sites excluding steroid dienone is 1. The first-order valence-corrected chi connectivity index (χ1v) is 11.4. The van der Waals surface area contributed by atoms with Crippen molar-refractivity contribution in [3.05, 3.63) is 87.5 Å². The first kappa shape index (κ1) is 23.2. The van der Waals surface area contributed by atoms with Crippen LogP contribution in [0.4, 0.5) is 0 Å². The van der Waals surface area contributed by atoms with Crippen LogP contribution in [0.15, 0.2) is 70.8 Å². The van der Waals surface area contributed by atoms with Gasteiger partial charge in [0.15, 0.2) is 0 Å². The minimum Gasteiger partial charge on any atom is -0.463 e. The number of benzene rings is 2. The van der Waals surface area contributed by atoms with E-state index in [1.807, 2.05) is 54.6 Å². The zero-order chi connectivity index (χ0) is 23.1. The molecule has 6 nitrogen and oxygen atoms in total. The predicted octanol–water partition coefficient (Wildman–Crippen LogP) is 3.86. The fraction of sp³-hybridized carbons (Fsp3) is 0.240. The van der Waals surface area contributed by atoms with Gasteiger partial charge in [-0.2, -0.15) is 5.26 Å². The lowest BCUT2D eigenvalue weighted by atomic mass is 9.81. The summed E-state index contributed by atoms with van der Waals surface area (Å²) >= 11 is 1.15. The van der Waals surface area contributed by atoms with Crippen molar-refractivity contribution in [2.45, 2.75) is 26.2 Å². The van der Waals surface area contributed by atoms with Crippen LogP contribution in [0.1, 0.15) is 36.5 Å². The Bertz CT molecular complexity index is 1100. The highest BCUT2D eigenvalue weighted by molar-refractivity contribution is 8.03. The number of nitrogens with zero attached hydrogens (tertiary/aromatic N) is 1. The molecule has 164 valence electrons. The topological polar surface area (TPSA) is 105 Å². The van der Waals surface area contributed by atoms with Crippen LogP contribution in [0.5, 0.6) is 0 Å². The van der Waals surface area contributed by atoms with Gasteiger partial charge in [0.25, 0.3) is 0 Å². The van der Waals surface area contributed by atoms with Gasteiger partial charge in [0.2, 0.25) is 5.91 Å². The van der Waals surface area contributed by atoms with Crippen LogP contribution < -0.4 is 11.1 Å². The van der Waals surface area contributed by atoms with Crippen molar-refractivity contribution < 1.29 is 14.3 Å². The molecule has 1 amide bonds. The van der Waals surface area contributed by atoms with E-state index < -0.39 is 17.8 Å². The molecule has 0 radical (unpaired) electrons. The standard InChI is InChI=1S/C25H25N3O3S/c1-3-16-10-12-17(13-11-16)21-19(14-26)24(32-15-20(27)29)28-23(18-8-6-5-7-9-18)22(21)25(30)31-4-2/h5-13,21,28H,3-4,15H2,1-2H3,(H2,27,29)/t21-/m0/s1. The number of aryl methyl sites for hydroxylation is 1. The zero-order valence-electron chi connectivity index (χ0n) is 18.1. The fourth-order valence-electron chi connectivity index (χ4n) is 3.58. The van der Waals surface area contributed by atoms with Crippen LogP contribution in [0.25, 0.3) is 5.70 Å². The Kier molecular flexibility index (Phi) is 7.74. The van der Waals surface area contributed by atoms with Crippen molar-refractivity contribution >= 4 is 29.3 Å². The van der Waals surface area contributed by atoms with Crippen LogP contribution in [0.2, 0.25) is 0 Å². The van der Waals surface area contributed by atoms with E-state index in [1.165, 1.54) is 0 Å². The van der Waals surface area contributed by atoms with Gasteiger partial charge in [-0.15, -0.1) is 0 Å². The van der Waals surface area contributed by atoms with Gasteiger partial charge in [-0.25, -0.2) is 4.79 Å². The molecule has 1 heterocycles. The lowest BCUT2D eigenvalue weighted by molar-refractivity contribution is -0.138. The van der Waals surface area contributed by atoms with Crippen LogP contribution in [-0.4, -0.2) is 24.2 Å². The quantitative estimate of drug-likeness (QED) is 0.595. The minimum atomic E-state index is -0.642. The van der Waals surface area contributed by atoms with Crippen molar-refractivity contribution in [2.75, 3.05) is 12.4 Å². The summed E-state index contributed by atoms with van der Waals surface area (Å²) in [4.78, 5) is 24.6. The van der Waals surface area contributed by atoms with Crippen LogP contribution in [0, 0.1) is 11.3 Å². The molecule has 0 bridgehead atoms. The molecule has 0 saturated carbocycles. The molecule has 0 aliphatic carbocycles. The van der Waals surface area contributed by atoms with Gasteiger partial charge in [-0.1, -0.05) is 73.3 Å². The molecule has 0 fully saturated rings. The Morgan fingerprint density at radius 3 is 2.38 bits per heavy atom. The molecule has 3 N–H and O–H groups in total. The van der Waals surface area contributed by atoms with E-state index in [4.69, 9.17) is 10.5 Å². The predicted molar refractivity (Wildman–Crippen MR) is 126 cm³/mol. The SMILES string of the molecule is CCOC(=O)C1=C(c2ccccc2)NC(SCC(N)=O)=C(C#N)[C@@H]1c1ccc(CC)cc1. The molecule has 3 rings (SSSR count). The molecule has 32 heavy (non-hydrogen) atoms. The number of hydrogen-bond acceptors (Lipinski definition) is 6. The Morgan fingerprint density at radius 1 is 1.12 bits per heavy atom. The maximum absolute atomic E-state index is 13.2. The molecule has 0 spiro atoms. The van der Waals surface area contributed by atoms with E-state index in [0.29, 0.717) is 21.9 Å². The first-order chi connectivity index (χ1) is 15.5. The van der Waals surface area contributed by atoms with Gasteiger partial charge in [0, 0.05) is 0 Å². The van der Waals surface area contributed by atoms with Gasteiger partial charge in [0.1, 0.15) is 0 Å². The van der Waals surface area contributed by atoms with Crippen LogP contribution >= 0.6 is 11.8 Å². The second-order valence-electron chi connectivity index (χ2n) is 7.14. The van der Waals surface area contributed by atoms with Crippen molar-refractivity contribution in [3.8, 4) is 6.07 Å². The normalized spacial score (nSPS) is 15.7. The second-order valence-corrected chi connectivity index (χ2v) is 8.12. The summed E-state index contributed by atoms with van der Waals surface area (Å²) in [6, 6.07) is 19.5. The Balaban J connectivity index is 2.26. The van der Waals surface area contributed by atoms with Crippen molar-refractivity contribution in [1.29, 1.82) is 5.26 Å². The molecule has 1 atom stereocenters. The van der Waals surface area contributed by atoms with Crippen LogP contribution in [-0.2, 0) is 20.7 Å². The summed E-state index contributed by atoms with van der Waals surface area (Å²) < 4.78 is 5.41. The third-order valence-corrected chi connectivity index (χ3v) is 6.13. The number of nitriles is 1. The number of nitrogens with one attached hydrogen (secondary N) is 1. The number of dihydropyridines is 1. The Morgan fingerprint density at radius 2 is 1.81 bits per heavy atom. The van der Waals surface area contributed by atoms with Crippen LogP contribution in [0.3, 0.4) is 0 Å². The summed E-state index contributed by atoms with van der Waals surface area (Å²) in [5.41, 5.74) is 9.35. The zero-order valence-corrected chi connectivity index (χ0v) is 18.9. The number of esters is 1. The van der Waals surface area contributed by atoms with E-state index in [0.717, 1.165) is 34.9 Å². The Hall–Kier alpha value is -3.50. The largest absolute Gasteiger partial charge is 0.463 e. The van der Waals surface area contributed by atoms with E-state index in [2.05, 4.69) is 18.3 Å². The Labute approximate surface area is 192 Å². The van der Waals surface area contributed by atoms with E-state index in [9.17, 15) is 14.9 Å². The number of primary amides is 1. The summed E-state index contributed by atoms with van der Waals surface area (Å²) in [6.07, 6.45) is 0.878. The number of carbonyl (C=O) groups excluding carboxylic acids is 2. The van der Waals surface area contributed by atoms with E-state index >= 15 is 0 Å². The number of amides is 1. The average molecular weight is 448 g/mol. The van der Waals surface area contributed by atoms with Crippen molar-refractivity contribution in [2.24, 2.45) is 5.73 Å². The maximum Gasteiger partial charge on any atom is 0.337 e. The van der Waals surface area contributed by atoms with Gasteiger partial charge in [-0.3, -0.25) is 4.79 Å².